The molecular weight excluding hydrogens is 322 g/mol. The Morgan fingerprint density at radius 2 is 2.08 bits per heavy atom. The van der Waals surface area contributed by atoms with Crippen LogP contribution in [0.4, 0.5) is 8.78 Å². The molecule has 0 heterocycles. The number of ether oxygens (including phenoxy) is 2. The first-order valence-electron chi connectivity index (χ1n) is 7.47. The van der Waals surface area contributed by atoms with Gasteiger partial charge in [0.2, 0.25) is 0 Å². The van der Waals surface area contributed by atoms with Crippen LogP contribution in [0.3, 0.4) is 0 Å². The average Bonchev–Trinajstić information content (AvgIpc) is 2.51. The van der Waals surface area contributed by atoms with E-state index in [1.807, 2.05) is 0 Å². The largest absolute Gasteiger partial charge is 0.493 e. The van der Waals surface area contributed by atoms with Crippen LogP contribution in [-0.2, 0) is 9.63 Å². The maximum absolute atomic E-state index is 12.2. The molecule has 0 aliphatic carbocycles. The molecule has 0 bridgehead atoms. The van der Waals surface area contributed by atoms with E-state index in [1.165, 1.54) is 31.5 Å². The predicted molar refractivity (Wildman–Crippen MR) is 85.6 cm³/mol. The lowest BCUT2D eigenvalue weighted by Crippen LogP contribution is -2.28. The third-order valence-corrected chi connectivity index (χ3v) is 2.92. The average molecular weight is 344 g/mol. The summed E-state index contributed by atoms with van der Waals surface area (Å²) in [5, 5.41) is 6.37. The quantitative estimate of drug-likeness (QED) is 0.523. The fourth-order valence-corrected chi connectivity index (χ4v) is 1.70. The van der Waals surface area contributed by atoms with Crippen LogP contribution in [0, 0.1) is 5.92 Å². The Labute approximate surface area is 139 Å². The monoisotopic (exact) mass is 344 g/mol. The number of hydrogen-bond acceptors (Lipinski definition) is 5. The first-order chi connectivity index (χ1) is 11.4. The molecule has 0 aromatic heterocycles. The molecule has 8 heteroatoms. The minimum atomic E-state index is -2.93. The van der Waals surface area contributed by atoms with Crippen LogP contribution >= 0.6 is 0 Å². The Balaban J connectivity index is 2.45. The number of oxime groups is 1. The number of benzene rings is 1. The van der Waals surface area contributed by atoms with Gasteiger partial charge in [-0.3, -0.25) is 4.79 Å². The van der Waals surface area contributed by atoms with Gasteiger partial charge in [-0.1, -0.05) is 19.0 Å². The maximum Gasteiger partial charge on any atom is 0.387 e. The zero-order chi connectivity index (χ0) is 17.9. The lowest BCUT2D eigenvalue weighted by molar-refractivity contribution is -0.125. The van der Waals surface area contributed by atoms with Gasteiger partial charge in [0.15, 0.2) is 18.1 Å². The van der Waals surface area contributed by atoms with E-state index < -0.39 is 6.61 Å². The number of rotatable bonds is 10. The molecule has 1 rings (SSSR count). The second kappa shape index (κ2) is 10.4. The first-order valence-corrected chi connectivity index (χ1v) is 7.47. The summed E-state index contributed by atoms with van der Waals surface area (Å²) >= 11 is 0. The first kappa shape index (κ1) is 19.7. The van der Waals surface area contributed by atoms with E-state index in [0.717, 1.165) is 6.42 Å². The van der Waals surface area contributed by atoms with E-state index in [1.54, 1.807) is 0 Å². The van der Waals surface area contributed by atoms with E-state index >= 15 is 0 Å². The molecule has 0 unspecified atom stereocenters. The van der Waals surface area contributed by atoms with Crippen LogP contribution in [0.2, 0.25) is 0 Å². The SMILES string of the molecule is COc1cc(/C=N\OCC(=O)NCCC(C)C)ccc1OC(F)F. The summed E-state index contributed by atoms with van der Waals surface area (Å²) in [7, 11) is 1.34. The Kier molecular flexibility index (Phi) is 8.53. The van der Waals surface area contributed by atoms with Crippen LogP contribution in [0.15, 0.2) is 23.4 Å². The van der Waals surface area contributed by atoms with E-state index in [4.69, 9.17) is 9.57 Å². The lowest BCUT2D eigenvalue weighted by Gasteiger charge is -2.09. The van der Waals surface area contributed by atoms with E-state index in [2.05, 4.69) is 29.1 Å². The van der Waals surface area contributed by atoms with Gasteiger partial charge in [-0.15, -0.1) is 0 Å². The Hall–Kier alpha value is -2.38. The van der Waals surface area contributed by atoms with E-state index in [0.29, 0.717) is 18.0 Å². The van der Waals surface area contributed by atoms with Crippen molar-refractivity contribution in [1.82, 2.24) is 5.32 Å². The summed E-state index contributed by atoms with van der Waals surface area (Å²) in [6.07, 6.45) is 2.23. The molecule has 6 nitrogen and oxygen atoms in total. The van der Waals surface area contributed by atoms with Gasteiger partial charge in [-0.05, 0) is 30.5 Å². The van der Waals surface area contributed by atoms with Gasteiger partial charge in [0.25, 0.3) is 5.91 Å². The number of halogens is 2. The highest BCUT2D eigenvalue weighted by Crippen LogP contribution is 2.28. The number of alkyl halides is 2. The van der Waals surface area contributed by atoms with Gasteiger partial charge in [0, 0.05) is 12.1 Å². The van der Waals surface area contributed by atoms with Crippen molar-refractivity contribution < 1.29 is 27.9 Å². The minimum Gasteiger partial charge on any atom is -0.493 e. The number of nitrogens with zero attached hydrogens (tertiary/aromatic N) is 1. The van der Waals surface area contributed by atoms with Gasteiger partial charge in [-0.2, -0.15) is 8.78 Å². The van der Waals surface area contributed by atoms with Gasteiger partial charge >= 0.3 is 6.61 Å². The Bertz CT molecular complexity index is 551. The molecule has 0 aliphatic heterocycles. The molecule has 0 spiro atoms. The fourth-order valence-electron chi connectivity index (χ4n) is 1.70. The molecule has 24 heavy (non-hydrogen) atoms. The highest BCUT2D eigenvalue weighted by atomic mass is 19.3. The van der Waals surface area contributed by atoms with Crippen molar-refractivity contribution in [2.24, 2.45) is 11.1 Å². The molecule has 1 N–H and O–H groups in total. The van der Waals surface area contributed by atoms with Crippen molar-refractivity contribution >= 4 is 12.1 Å². The van der Waals surface area contributed by atoms with Gasteiger partial charge in [-0.25, -0.2) is 0 Å². The third-order valence-electron chi connectivity index (χ3n) is 2.92. The highest BCUT2D eigenvalue weighted by Gasteiger charge is 2.10. The van der Waals surface area contributed by atoms with Crippen molar-refractivity contribution in [3.05, 3.63) is 23.8 Å². The predicted octanol–water partition coefficient (Wildman–Crippen LogP) is 2.81. The summed E-state index contributed by atoms with van der Waals surface area (Å²) in [5.41, 5.74) is 0.550. The van der Waals surface area contributed by atoms with Crippen molar-refractivity contribution in [3.8, 4) is 11.5 Å². The van der Waals surface area contributed by atoms with Gasteiger partial charge in [0.05, 0.1) is 13.3 Å². The standard InChI is InChI=1S/C16H22F2N2O4/c1-11(2)6-7-19-15(21)10-23-20-9-12-4-5-13(24-16(17)18)14(8-12)22-3/h4-5,8-9,11,16H,6-7,10H2,1-3H3,(H,19,21)/b20-9-. The second-order valence-corrected chi connectivity index (χ2v) is 5.33. The summed E-state index contributed by atoms with van der Waals surface area (Å²) in [6, 6.07) is 4.31. The third kappa shape index (κ3) is 7.75. The number of amides is 1. The van der Waals surface area contributed by atoms with E-state index in [9.17, 15) is 13.6 Å². The summed E-state index contributed by atoms with van der Waals surface area (Å²) in [6.45, 7) is 1.60. The molecule has 1 aromatic rings. The number of methoxy groups -OCH3 is 1. The molecule has 134 valence electrons. The fraction of sp³-hybridized carbons (Fsp3) is 0.500. The zero-order valence-electron chi connectivity index (χ0n) is 13.9. The summed E-state index contributed by atoms with van der Waals surface area (Å²) in [5.74, 6) is 0.322. The Morgan fingerprint density at radius 3 is 2.71 bits per heavy atom. The number of carbonyl (C=O) groups is 1. The summed E-state index contributed by atoms with van der Waals surface area (Å²) in [4.78, 5) is 16.4. The van der Waals surface area contributed by atoms with Crippen molar-refractivity contribution in [2.75, 3.05) is 20.3 Å². The van der Waals surface area contributed by atoms with Crippen LogP contribution in [0.25, 0.3) is 0 Å². The van der Waals surface area contributed by atoms with Crippen molar-refractivity contribution in [2.45, 2.75) is 26.9 Å². The lowest BCUT2D eigenvalue weighted by atomic mass is 10.1. The molecule has 1 amide bonds. The molecule has 1 aromatic carbocycles. The molecule has 0 fully saturated rings. The molecule has 0 aliphatic rings. The number of carbonyl (C=O) groups excluding carboxylic acids is 1. The minimum absolute atomic E-state index is 0.0740. The maximum atomic E-state index is 12.2. The van der Waals surface area contributed by atoms with Crippen LogP contribution in [0.5, 0.6) is 11.5 Å². The highest BCUT2D eigenvalue weighted by molar-refractivity contribution is 5.81. The Morgan fingerprint density at radius 1 is 1.33 bits per heavy atom. The van der Waals surface area contributed by atoms with Crippen LogP contribution < -0.4 is 14.8 Å². The normalized spacial score (nSPS) is 11.1. The van der Waals surface area contributed by atoms with Gasteiger partial charge < -0.3 is 19.6 Å². The second-order valence-electron chi connectivity index (χ2n) is 5.33. The number of hydrogen-bond donors (Lipinski definition) is 1. The smallest absolute Gasteiger partial charge is 0.387 e. The molecular formula is C16H22F2N2O4. The molecule has 0 saturated carbocycles. The topological polar surface area (TPSA) is 69.2 Å². The van der Waals surface area contributed by atoms with Gasteiger partial charge in [0.1, 0.15) is 0 Å². The zero-order valence-corrected chi connectivity index (χ0v) is 13.9. The van der Waals surface area contributed by atoms with Crippen LogP contribution in [-0.4, -0.2) is 39.0 Å². The summed E-state index contributed by atoms with van der Waals surface area (Å²) < 4.78 is 33.7. The van der Waals surface area contributed by atoms with Crippen LogP contribution in [0.1, 0.15) is 25.8 Å². The molecule has 0 saturated heterocycles. The van der Waals surface area contributed by atoms with Crippen molar-refractivity contribution in [1.29, 1.82) is 0 Å². The molecule has 0 radical (unpaired) electrons. The van der Waals surface area contributed by atoms with E-state index in [-0.39, 0.29) is 24.0 Å². The van der Waals surface area contributed by atoms with Crippen molar-refractivity contribution in [3.63, 3.8) is 0 Å². The number of nitrogens with one attached hydrogen (secondary N) is 1. The molecule has 0 atom stereocenters.